The van der Waals surface area contributed by atoms with Gasteiger partial charge in [-0.2, -0.15) is 0 Å². The zero-order valence-electron chi connectivity index (χ0n) is 9.38. The standard InChI is InChI=1S/C11H17FN2O/c1-4-8(2)15-11-9(6-13-3)5-10(12)7-14-11/h5,7-8,13H,4,6H2,1-3H3. The highest BCUT2D eigenvalue weighted by atomic mass is 19.1. The van der Waals surface area contributed by atoms with Crippen LogP contribution in [0.5, 0.6) is 5.88 Å². The summed E-state index contributed by atoms with van der Waals surface area (Å²) in [6, 6.07) is 1.45. The summed E-state index contributed by atoms with van der Waals surface area (Å²) in [5.41, 5.74) is 0.748. The normalized spacial score (nSPS) is 12.5. The predicted molar refractivity (Wildman–Crippen MR) is 57.3 cm³/mol. The van der Waals surface area contributed by atoms with Gasteiger partial charge in [0, 0.05) is 12.1 Å². The van der Waals surface area contributed by atoms with Gasteiger partial charge in [-0.15, -0.1) is 0 Å². The first-order valence-electron chi connectivity index (χ1n) is 5.13. The van der Waals surface area contributed by atoms with E-state index in [2.05, 4.69) is 10.3 Å². The Balaban J connectivity index is 2.85. The van der Waals surface area contributed by atoms with Gasteiger partial charge in [-0.05, 0) is 26.5 Å². The first-order chi connectivity index (χ1) is 7.17. The molecule has 0 saturated heterocycles. The Morgan fingerprint density at radius 3 is 2.93 bits per heavy atom. The van der Waals surface area contributed by atoms with Crippen molar-refractivity contribution >= 4 is 0 Å². The quantitative estimate of drug-likeness (QED) is 0.811. The topological polar surface area (TPSA) is 34.1 Å². The van der Waals surface area contributed by atoms with E-state index < -0.39 is 0 Å². The molecule has 0 spiro atoms. The highest BCUT2D eigenvalue weighted by molar-refractivity contribution is 5.26. The third kappa shape index (κ3) is 3.47. The predicted octanol–water partition coefficient (Wildman–Crippen LogP) is 2.12. The fourth-order valence-corrected chi connectivity index (χ4v) is 1.17. The number of pyridine rings is 1. The van der Waals surface area contributed by atoms with Crippen LogP contribution < -0.4 is 10.1 Å². The molecular weight excluding hydrogens is 195 g/mol. The SMILES string of the molecule is CCC(C)Oc1ncc(F)cc1CNC. The van der Waals surface area contributed by atoms with Crippen molar-refractivity contribution in [3.8, 4) is 5.88 Å². The van der Waals surface area contributed by atoms with Gasteiger partial charge in [-0.1, -0.05) is 6.92 Å². The Kier molecular flexibility index (Phi) is 4.49. The molecular formula is C11H17FN2O. The Hall–Kier alpha value is -1.16. The summed E-state index contributed by atoms with van der Waals surface area (Å²) in [4.78, 5) is 3.95. The summed E-state index contributed by atoms with van der Waals surface area (Å²) in [7, 11) is 1.80. The summed E-state index contributed by atoms with van der Waals surface area (Å²) in [6.45, 7) is 4.55. The fraction of sp³-hybridized carbons (Fsp3) is 0.545. The average molecular weight is 212 g/mol. The first-order valence-corrected chi connectivity index (χ1v) is 5.13. The summed E-state index contributed by atoms with van der Waals surface area (Å²) in [6.07, 6.45) is 2.17. The van der Waals surface area contributed by atoms with Crippen LogP contribution in [0.2, 0.25) is 0 Å². The minimum absolute atomic E-state index is 0.0959. The molecule has 0 bridgehead atoms. The van der Waals surface area contributed by atoms with Crippen LogP contribution in [0, 0.1) is 5.82 Å². The highest BCUT2D eigenvalue weighted by Gasteiger charge is 2.09. The Labute approximate surface area is 89.7 Å². The number of rotatable bonds is 5. The van der Waals surface area contributed by atoms with Gasteiger partial charge in [-0.25, -0.2) is 9.37 Å². The van der Waals surface area contributed by atoms with Gasteiger partial charge >= 0.3 is 0 Å². The zero-order chi connectivity index (χ0) is 11.3. The first kappa shape index (κ1) is 11.9. The number of nitrogens with zero attached hydrogens (tertiary/aromatic N) is 1. The third-order valence-electron chi connectivity index (χ3n) is 2.15. The van der Waals surface area contributed by atoms with Crippen LogP contribution in [0.1, 0.15) is 25.8 Å². The smallest absolute Gasteiger partial charge is 0.218 e. The molecule has 0 aliphatic carbocycles. The minimum Gasteiger partial charge on any atom is -0.474 e. The molecule has 1 rings (SSSR count). The molecule has 1 heterocycles. The monoisotopic (exact) mass is 212 g/mol. The second-order valence-electron chi connectivity index (χ2n) is 3.48. The molecule has 15 heavy (non-hydrogen) atoms. The summed E-state index contributed by atoms with van der Waals surface area (Å²) >= 11 is 0. The third-order valence-corrected chi connectivity index (χ3v) is 2.15. The molecule has 0 radical (unpaired) electrons. The lowest BCUT2D eigenvalue weighted by molar-refractivity contribution is 0.205. The van der Waals surface area contributed by atoms with E-state index in [4.69, 9.17) is 4.74 Å². The molecule has 1 unspecified atom stereocenters. The van der Waals surface area contributed by atoms with Gasteiger partial charge in [0.1, 0.15) is 5.82 Å². The van der Waals surface area contributed by atoms with E-state index in [1.54, 1.807) is 7.05 Å². The molecule has 0 fully saturated rings. The lowest BCUT2D eigenvalue weighted by Gasteiger charge is -2.14. The molecule has 1 aromatic rings. The molecule has 0 aliphatic heterocycles. The second kappa shape index (κ2) is 5.66. The van der Waals surface area contributed by atoms with E-state index in [0.29, 0.717) is 12.4 Å². The fourth-order valence-electron chi connectivity index (χ4n) is 1.17. The molecule has 3 nitrogen and oxygen atoms in total. The Morgan fingerprint density at radius 1 is 1.60 bits per heavy atom. The van der Waals surface area contributed by atoms with Crippen LogP contribution in [0.25, 0.3) is 0 Å². The average Bonchev–Trinajstić information content (AvgIpc) is 2.22. The van der Waals surface area contributed by atoms with Crippen molar-refractivity contribution in [2.75, 3.05) is 7.05 Å². The van der Waals surface area contributed by atoms with Crippen molar-refractivity contribution in [1.82, 2.24) is 10.3 Å². The van der Waals surface area contributed by atoms with E-state index in [1.165, 1.54) is 12.3 Å². The van der Waals surface area contributed by atoms with E-state index >= 15 is 0 Å². The second-order valence-corrected chi connectivity index (χ2v) is 3.48. The molecule has 0 amide bonds. The molecule has 84 valence electrons. The maximum Gasteiger partial charge on any atom is 0.218 e. The van der Waals surface area contributed by atoms with Crippen molar-refractivity contribution in [1.29, 1.82) is 0 Å². The van der Waals surface area contributed by atoms with Gasteiger partial charge in [0.25, 0.3) is 0 Å². The van der Waals surface area contributed by atoms with Crippen molar-refractivity contribution in [2.24, 2.45) is 0 Å². The summed E-state index contributed by atoms with van der Waals surface area (Å²) in [5.74, 6) is 0.178. The van der Waals surface area contributed by atoms with E-state index in [1.807, 2.05) is 13.8 Å². The Morgan fingerprint density at radius 2 is 2.33 bits per heavy atom. The summed E-state index contributed by atoms with van der Waals surface area (Å²) < 4.78 is 18.5. The van der Waals surface area contributed by atoms with Crippen LogP contribution in [-0.2, 0) is 6.54 Å². The van der Waals surface area contributed by atoms with Gasteiger partial charge in [0.05, 0.1) is 12.3 Å². The number of nitrogens with one attached hydrogen (secondary N) is 1. The van der Waals surface area contributed by atoms with Crippen molar-refractivity contribution in [3.63, 3.8) is 0 Å². The zero-order valence-corrected chi connectivity index (χ0v) is 9.38. The molecule has 0 aliphatic rings. The van der Waals surface area contributed by atoms with Crippen LogP contribution in [-0.4, -0.2) is 18.1 Å². The molecule has 1 N–H and O–H groups in total. The molecule has 1 atom stereocenters. The van der Waals surface area contributed by atoms with Crippen molar-refractivity contribution in [2.45, 2.75) is 32.9 Å². The molecule has 0 saturated carbocycles. The van der Waals surface area contributed by atoms with Gasteiger partial charge < -0.3 is 10.1 Å². The van der Waals surface area contributed by atoms with Crippen molar-refractivity contribution in [3.05, 3.63) is 23.6 Å². The number of hydrogen-bond donors (Lipinski definition) is 1. The van der Waals surface area contributed by atoms with E-state index in [-0.39, 0.29) is 11.9 Å². The number of hydrogen-bond acceptors (Lipinski definition) is 3. The van der Waals surface area contributed by atoms with Crippen LogP contribution in [0.3, 0.4) is 0 Å². The molecule has 1 aromatic heterocycles. The minimum atomic E-state index is -0.336. The van der Waals surface area contributed by atoms with Crippen LogP contribution in [0.4, 0.5) is 4.39 Å². The number of aromatic nitrogens is 1. The van der Waals surface area contributed by atoms with Crippen LogP contribution >= 0.6 is 0 Å². The summed E-state index contributed by atoms with van der Waals surface area (Å²) in [5, 5.41) is 2.96. The maximum absolute atomic E-state index is 12.9. The van der Waals surface area contributed by atoms with Crippen molar-refractivity contribution < 1.29 is 9.13 Å². The molecule has 4 heteroatoms. The van der Waals surface area contributed by atoms with Crippen LogP contribution in [0.15, 0.2) is 12.3 Å². The van der Waals surface area contributed by atoms with Gasteiger partial charge in [0.2, 0.25) is 5.88 Å². The van der Waals surface area contributed by atoms with E-state index in [9.17, 15) is 4.39 Å². The van der Waals surface area contributed by atoms with E-state index in [0.717, 1.165) is 12.0 Å². The maximum atomic E-state index is 12.9. The number of halogens is 1. The van der Waals surface area contributed by atoms with Gasteiger partial charge in [0.15, 0.2) is 0 Å². The largest absolute Gasteiger partial charge is 0.474 e. The lowest BCUT2D eigenvalue weighted by Crippen LogP contribution is -2.15. The molecule has 0 aromatic carbocycles. The number of ether oxygens (including phenoxy) is 1. The Bertz CT molecular complexity index is 317. The highest BCUT2D eigenvalue weighted by Crippen LogP contribution is 2.17. The van der Waals surface area contributed by atoms with Gasteiger partial charge in [-0.3, -0.25) is 0 Å². The lowest BCUT2D eigenvalue weighted by atomic mass is 10.2.